The number of amides is 1. The third kappa shape index (κ3) is 4.95. The van der Waals surface area contributed by atoms with E-state index in [4.69, 9.17) is 34.8 Å². The van der Waals surface area contributed by atoms with Gasteiger partial charge in [0.1, 0.15) is 6.10 Å². The predicted molar refractivity (Wildman–Crippen MR) is 65.2 cm³/mol. The minimum atomic E-state index is -1.84. The fraction of sp³-hybridized carbons (Fsp3) is 0.889. The van der Waals surface area contributed by atoms with Crippen molar-refractivity contribution >= 4 is 40.9 Å². The van der Waals surface area contributed by atoms with Crippen LogP contribution in [0.1, 0.15) is 20.8 Å². The Bertz CT molecular complexity index is 247. The van der Waals surface area contributed by atoms with Crippen LogP contribution in [-0.4, -0.2) is 45.2 Å². The molecule has 0 aromatic rings. The molecule has 0 spiro atoms. The lowest BCUT2D eigenvalue weighted by atomic mass is 10.1. The number of methoxy groups -OCH3 is 1. The Kier molecular flexibility index (Phi) is 5.66. The van der Waals surface area contributed by atoms with E-state index in [9.17, 15) is 9.90 Å². The van der Waals surface area contributed by atoms with E-state index in [1.807, 2.05) is 0 Å². The summed E-state index contributed by atoms with van der Waals surface area (Å²) in [7, 11) is 1.25. The van der Waals surface area contributed by atoms with E-state index in [0.29, 0.717) is 0 Å². The first kappa shape index (κ1) is 16.1. The maximum atomic E-state index is 11.5. The number of aliphatic hydroxyl groups excluding tert-OH is 1. The molecule has 4 nitrogen and oxygen atoms in total. The minimum Gasteiger partial charge on any atom is -0.453 e. The number of carbonyl (C=O) groups excluding carboxylic acids is 1. The summed E-state index contributed by atoms with van der Waals surface area (Å²) in [5.74, 6) is 0. The molecule has 0 rings (SSSR count). The van der Waals surface area contributed by atoms with Crippen molar-refractivity contribution in [3.63, 3.8) is 0 Å². The predicted octanol–water partition coefficient (Wildman–Crippen LogP) is 2.58. The molecule has 0 aliphatic rings. The molecular weight excluding hydrogens is 276 g/mol. The Hall–Kier alpha value is 0.1000. The monoisotopic (exact) mass is 291 g/mol. The van der Waals surface area contributed by atoms with Gasteiger partial charge in [-0.05, 0) is 20.8 Å². The molecular formula is C9H16Cl3NO3. The number of hydrogen-bond acceptors (Lipinski definition) is 3. The van der Waals surface area contributed by atoms with Crippen LogP contribution in [0.5, 0.6) is 0 Å². The molecule has 0 bridgehead atoms. The average Bonchev–Trinajstić information content (AvgIpc) is 2.09. The largest absolute Gasteiger partial charge is 0.453 e. The van der Waals surface area contributed by atoms with Crippen LogP contribution < -0.4 is 0 Å². The lowest BCUT2D eigenvalue weighted by Crippen LogP contribution is -2.51. The lowest BCUT2D eigenvalue weighted by molar-refractivity contribution is 0.0476. The van der Waals surface area contributed by atoms with E-state index >= 15 is 0 Å². The molecule has 0 aliphatic carbocycles. The molecule has 0 fully saturated rings. The number of alkyl halides is 3. The zero-order chi connectivity index (χ0) is 13.1. The maximum Gasteiger partial charge on any atom is 0.410 e. The summed E-state index contributed by atoms with van der Waals surface area (Å²) in [6, 6.07) is 0. The van der Waals surface area contributed by atoms with Gasteiger partial charge in [0.25, 0.3) is 0 Å². The second-order valence-electron chi connectivity index (χ2n) is 4.31. The van der Waals surface area contributed by atoms with Crippen LogP contribution in [-0.2, 0) is 4.74 Å². The van der Waals surface area contributed by atoms with Gasteiger partial charge in [0, 0.05) is 5.54 Å². The van der Waals surface area contributed by atoms with E-state index in [-0.39, 0.29) is 6.54 Å². The van der Waals surface area contributed by atoms with Crippen molar-refractivity contribution in [1.82, 2.24) is 4.90 Å². The Morgan fingerprint density at radius 1 is 1.38 bits per heavy atom. The highest BCUT2D eigenvalue weighted by atomic mass is 35.6. The van der Waals surface area contributed by atoms with E-state index in [1.165, 1.54) is 12.0 Å². The fourth-order valence-electron chi connectivity index (χ4n) is 1.01. The van der Waals surface area contributed by atoms with Crippen molar-refractivity contribution in [2.24, 2.45) is 0 Å². The Labute approximate surface area is 110 Å². The topological polar surface area (TPSA) is 49.8 Å². The number of nitrogens with zero attached hydrogens (tertiary/aromatic N) is 1. The molecule has 0 saturated heterocycles. The van der Waals surface area contributed by atoms with Crippen LogP contribution in [0.4, 0.5) is 4.79 Å². The van der Waals surface area contributed by atoms with Gasteiger partial charge in [0.05, 0.1) is 13.7 Å². The van der Waals surface area contributed by atoms with Crippen LogP contribution in [0.25, 0.3) is 0 Å². The minimum absolute atomic E-state index is 0.118. The summed E-state index contributed by atoms with van der Waals surface area (Å²) in [5, 5.41) is 9.62. The number of carbonyl (C=O) groups is 1. The maximum absolute atomic E-state index is 11.5. The van der Waals surface area contributed by atoms with E-state index in [2.05, 4.69) is 4.74 Å². The zero-order valence-electron chi connectivity index (χ0n) is 9.63. The normalized spacial score (nSPS) is 14.5. The molecule has 0 saturated carbocycles. The summed E-state index contributed by atoms with van der Waals surface area (Å²) in [6.45, 7) is 5.24. The van der Waals surface area contributed by atoms with Crippen LogP contribution in [0.2, 0.25) is 0 Å². The first-order valence-corrected chi connectivity index (χ1v) is 5.74. The second-order valence-corrected chi connectivity index (χ2v) is 6.68. The first-order chi connectivity index (χ1) is 7.00. The SMILES string of the molecule is COC(=O)N(CC(O)C(Cl)(Cl)Cl)C(C)(C)C. The molecule has 1 amide bonds. The van der Waals surface area contributed by atoms with Crippen molar-refractivity contribution in [3.8, 4) is 0 Å². The van der Waals surface area contributed by atoms with Crippen molar-refractivity contribution in [3.05, 3.63) is 0 Å². The van der Waals surface area contributed by atoms with Crippen LogP contribution >= 0.6 is 34.8 Å². The van der Waals surface area contributed by atoms with E-state index < -0.39 is 21.5 Å². The molecule has 7 heteroatoms. The van der Waals surface area contributed by atoms with Gasteiger partial charge in [-0.25, -0.2) is 4.79 Å². The van der Waals surface area contributed by atoms with E-state index in [1.54, 1.807) is 20.8 Å². The number of hydrogen-bond donors (Lipinski definition) is 1. The van der Waals surface area contributed by atoms with Crippen LogP contribution in [0.3, 0.4) is 0 Å². The summed E-state index contributed by atoms with van der Waals surface area (Å²) in [6.07, 6.45) is -1.86. The quantitative estimate of drug-likeness (QED) is 0.796. The number of ether oxygens (including phenoxy) is 1. The Morgan fingerprint density at radius 3 is 2.06 bits per heavy atom. The molecule has 0 aliphatic heterocycles. The molecule has 96 valence electrons. The van der Waals surface area contributed by atoms with Crippen molar-refractivity contribution in [1.29, 1.82) is 0 Å². The molecule has 1 atom stereocenters. The number of rotatable bonds is 2. The molecule has 0 aromatic carbocycles. The number of β-amino-alcohol motifs (C(OH)–C–C–N with tert-alkyl or cyclic N) is 1. The molecule has 0 radical (unpaired) electrons. The zero-order valence-corrected chi connectivity index (χ0v) is 11.9. The molecule has 1 N–H and O–H groups in total. The van der Waals surface area contributed by atoms with Gasteiger partial charge in [-0.1, -0.05) is 34.8 Å². The Morgan fingerprint density at radius 2 is 1.81 bits per heavy atom. The smallest absolute Gasteiger partial charge is 0.410 e. The second kappa shape index (κ2) is 5.63. The third-order valence-electron chi connectivity index (χ3n) is 1.94. The summed E-state index contributed by atoms with van der Waals surface area (Å²) < 4.78 is 2.76. The summed E-state index contributed by atoms with van der Waals surface area (Å²) in [5.41, 5.74) is -0.538. The highest BCUT2D eigenvalue weighted by Gasteiger charge is 2.37. The molecule has 0 aromatic heterocycles. The highest BCUT2D eigenvalue weighted by Crippen LogP contribution is 2.31. The average molecular weight is 293 g/mol. The van der Waals surface area contributed by atoms with E-state index in [0.717, 1.165) is 0 Å². The van der Waals surface area contributed by atoms with Gasteiger partial charge < -0.3 is 14.7 Å². The van der Waals surface area contributed by atoms with Gasteiger partial charge in [-0.15, -0.1) is 0 Å². The lowest BCUT2D eigenvalue weighted by Gasteiger charge is -2.36. The number of halogens is 3. The van der Waals surface area contributed by atoms with Gasteiger partial charge >= 0.3 is 6.09 Å². The number of aliphatic hydroxyl groups is 1. The van der Waals surface area contributed by atoms with Crippen LogP contribution in [0.15, 0.2) is 0 Å². The fourth-order valence-corrected chi connectivity index (χ4v) is 1.22. The summed E-state index contributed by atoms with van der Waals surface area (Å²) >= 11 is 16.6. The molecule has 1 unspecified atom stereocenters. The van der Waals surface area contributed by atoms with Crippen molar-refractivity contribution in [2.75, 3.05) is 13.7 Å². The molecule has 0 heterocycles. The van der Waals surface area contributed by atoms with Gasteiger partial charge in [0.2, 0.25) is 3.79 Å². The highest BCUT2D eigenvalue weighted by molar-refractivity contribution is 6.68. The Balaban J connectivity index is 4.77. The molecule has 16 heavy (non-hydrogen) atoms. The first-order valence-electron chi connectivity index (χ1n) is 4.60. The van der Waals surface area contributed by atoms with Crippen molar-refractivity contribution in [2.45, 2.75) is 36.2 Å². The van der Waals surface area contributed by atoms with Gasteiger partial charge in [0.15, 0.2) is 0 Å². The van der Waals surface area contributed by atoms with Crippen molar-refractivity contribution < 1.29 is 14.6 Å². The van der Waals surface area contributed by atoms with Gasteiger partial charge in [-0.2, -0.15) is 0 Å². The van der Waals surface area contributed by atoms with Crippen LogP contribution in [0, 0.1) is 0 Å². The standard InChI is InChI=1S/C9H16Cl3NO3/c1-8(2,3)13(7(15)16-4)5-6(14)9(10,11)12/h6,14H,5H2,1-4H3. The van der Waals surface area contributed by atoms with Gasteiger partial charge in [-0.3, -0.25) is 0 Å². The third-order valence-corrected chi connectivity index (χ3v) is 2.69. The summed E-state index contributed by atoms with van der Waals surface area (Å²) in [4.78, 5) is 12.8.